The first-order valence-corrected chi connectivity index (χ1v) is 8.85. The molecule has 0 bridgehead atoms. The van der Waals surface area contributed by atoms with Crippen LogP contribution in [0.3, 0.4) is 0 Å². The second-order valence-corrected chi connectivity index (χ2v) is 7.44. The van der Waals surface area contributed by atoms with Crippen LogP contribution in [0.1, 0.15) is 33.1 Å². The lowest BCUT2D eigenvalue weighted by atomic mass is 10.0. The molecule has 2 rings (SSSR count). The zero-order valence-electron chi connectivity index (χ0n) is 13.2. The van der Waals surface area contributed by atoms with Crippen LogP contribution in [-0.2, 0) is 33.1 Å². The molecule has 24 heavy (non-hydrogen) atoms. The Morgan fingerprint density at radius 3 is 2.25 bits per heavy atom. The van der Waals surface area contributed by atoms with E-state index in [0.717, 1.165) is 12.8 Å². The Bertz CT molecular complexity index is 628. The van der Waals surface area contributed by atoms with Gasteiger partial charge in [-0.25, -0.2) is 8.37 Å². The number of hydrogen-bond acceptors (Lipinski definition) is 8. The summed E-state index contributed by atoms with van der Waals surface area (Å²) in [5, 5.41) is 16.0. The molecule has 2 amide bonds. The fourth-order valence-electron chi connectivity index (χ4n) is 2.21. The molecule has 3 atom stereocenters. The van der Waals surface area contributed by atoms with E-state index in [-0.39, 0.29) is 12.0 Å². The van der Waals surface area contributed by atoms with Crippen molar-refractivity contribution in [2.45, 2.75) is 57.4 Å². The summed E-state index contributed by atoms with van der Waals surface area (Å²) in [5.74, 6) is -3.33. The smallest absolute Gasteiger partial charge is 0.401 e. The maximum absolute atomic E-state index is 12.2. The number of carbonyl (C=O) groups is 3. The zero-order chi connectivity index (χ0) is 18.1. The van der Waals surface area contributed by atoms with Gasteiger partial charge in [0.15, 0.2) is 12.2 Å². The molecule has 10 nitrogen and oxygen atoms in total. The van der Waals surface area contributed by atoms with E-state index in [0.29, 0.717) is 6.42 Å². The third kappa shape index (κ3) is 4.89. The summed E-state index contributed by atoms with van der Waals surface area (Å²) in [6, 6.07) is -0.862. The topological polar surface area (TPSA) is 151 Å². The first-order chi connectivity index (χ1) is 11.1. The van der Waals surface area contributed by atoms with Crippen LogP contribution in [0.2, 0.25) is 0 Å². The SMILES string of the molecule is CC(C)C[C@H](NC(=O)[C@H]1OS(=O)(=O)O[C@@H]1C(=O)[O-])C(=O)NC1CC1. The Balaban J connectivity index is 2.07. The molecular weight excluding hydrogens is 344 g/mol. The van der Waals surface area contributed by atoms with Gasteiger partial charge in [0.2, 0.25) is 5.91 Å². The minimum absolute atomic E-state index is 0.0571. The average molecular weight is 363 g/mol. The summed E-state index contributed by atoms with van der Waals surface area (Å²) in [5.41, 5.74) is 0. The van der Waals surface area contributed by atoms with Gasteiger partial charge in [-0.3, -0.25) is 9.59 Å². The predicted molar refractivity (Wildman–Crippen MR) is 76.2 cm³/mol. The molecule has 1 heterocycles. The number of carboxylic acids is 1. The molecule has 2 fully saturated rings. The average Bonchev–Trinajstić information content (AvgIpc) is 3.18. The molecule has 0 aromatic heterocycles. The van der Waals surface area contributed by atoms with E-state index in [4.69, 9.17) is 0 Å². The standard InChI is InChI=1S/C13H20N2O8S/c1-6(2)5-8(11(16)14-7-3-4-7)15-12(17)9-10(13(18)19)23-24(20,21)22-9/h6-10H,3-5H2,1-2H3,(H,14,16)(H,15,17)(H,18,19)/p-1/t8-,9-,10-/m0/s1. The van der Waals surface area contributed by atoms with E-state index >= 15 is 0 Å². The Kier molecular flexibility index (Phi) is 5.45. The number of rotatable bonds is 7. The van der Waals surface area contributed by atoms with E-state index in [1.807, 2.05) is 13.8 Å². The first-order valence-electron chi connectivity index (χ1n) is 7.52. The summed E-state index contributed by atoms with van der Waals surface area (Å²) in [6.45, 7) is 3.68. The van der Waals surface area contributed by atoms with Crippen molar-refractivity contribution < 1.29 is 36.3 Å². The number of carboxylic acid groups (broad SMARTS) is 1. The summed E-state index contributed by atoms with van der Waals surface area (Å²) in [6.07, 6.45) is -2.03. The quantitative estimate of drug-likeness (QED) is 0.507. The van der Waals surface area contributed by atoms with Gasteiger partial charge in [-0.15, -0.1) is 0 Å². The second-order valence-electron chi connectivity index (χ2n) is 6.23. The maximum atomic E-state index is 12.2. The Hall–Kier alpha value is -1.72. The maximum Gasteiger partial charge on any atom is 0.401 e. The van der Waals surface area contributed by atoms with Crippen LogP contribution in [0.25, 0.3) is 0 Å². The van der Waals surface area contributed by atoms with Crippen molar-refractivity contribution in [3.8, 4) is 0 Å². The fourth-order valence-corrected chi connectivity index (χ4v) is 3.13. The van der Waals surface area contributed by atoms with E-state index in [9.17, 15) is 27.9 Å². The van der Waals surface area contributed by atoms with Crippen molar-refractivity contribution in [3.05, 3.63) is 0 Å². The molecule has 0 spiro atoms. The van der Waals surface area contributed by atoms with Crippen molar-refractivity contribution in [2.24, 2.45) is 5.92 Å². The highest BCUT2D eigenvalue weighted by Gasteiger charge is 2.46. The van der Waals surface area contributed by atoms with Gasteiger partial charge in [0, 0.05) is 6.04 Å². The van der Waals surface area contributed by atoms with Crippen LogP contribution < -0.4 is 15.7 Å². The molecule has 0 aromatic carbocycles. The molecule has 2 aliphatic rings. The van der Waals surface area contributed by atoms with E-state index in [2.05, 4.69) is 19.0 Å². The van der Waals surface area contributed by atoms with Gasteiger partial charge >= 0.3 is 10.4 Å². The highest BCUT2D eigenvalue weighted by molar-refractivity contribution is 7.82. The van der Waals surface area contributed by atoms with Crippen molar-refractivity contribution in [3.63, 3.8) is 0 Å². The summed E-state index contributed by atoms with van der Waals surface area (Å²) in [7, 11) is -4.60. The fraction of sp³-hybridized carbons (Fsp3) is 0.769. The van der Waals surface area contributed by atoms with Gasteiger partial charge in [0.25, 0.3) is 5.91 Å². The predicted octanol–water partition coefficient (Wildman–Crippen LogP) is -2.43. The van der Waals surface area contributed by atoms with Gasteiger partial charge in [-0.2, -0.15) is 8.42 Å². The van der Waals surface area contributed by atoms with Gasteiger partial charge in [-0.1, -0.05) is 13.8 Å². The molecule has 11 heteroatoms. The molecule has 0 radical (unpaired) electrons. The van der Waals surface area contributed by atoms with Crippen molar-refractivity contribution >= 4 is 28.2 Å². The molecule has 136 valence electrons. The Morgan fingerprint density at radius 1 is 1.17 bits per heavy atom. The summed E-state index contributed by atoms with van der Waals surface area (Å²) < 4.78 is 31.0. The van der Waals surface area contributed by atoms with Crippen LogP contribution in [-0.4, -0.2) is 50.5 Å². The number of nitrogens with one attached hydrogen (secondary N) is 2. The van der Waals surface area contributed by atoms with E-state index < -0.39 is 46.4 Å². The number of aliphatic carboxylic acids is 1. The third-order valence-electron chi connectivity index (χ3n) is 3.47. The van der Waals surface area contributed by atoms with Crippen LogP contribution >= 0.6 is 0 Å². The lowest BCUT2D eigenvalue weighted by molar-refractivity contribution is -0.314. The largest absolute Gasteiger partial charge is 0.547 e. The highest BCUT2D eigenvalue weighted by atomic mass is 32.3. The number of amides is 2. The first kappa shape index (κ1) is 18.6. The van der Waals surface area contributed by atoms with Crippen LogP contribution in [0.4, 0.5) is 0 Å². The van der Waals surface area contributed by atoms with Crippen molar-refractivity contribution in [1.29, 1.82) is 0 Å². The van der Waals surface area contributed by atoms with E-state index in [1.54, 1.807) is 0 Å². The third-order valence-corrected chi connectivity index (χ3v) is 4.36. The minimum atomic E-state index is -4.60. The molecule has 1 saturated heterocycles. The van der Waals surface area contributed by atoms with Gasteiger partial charge in [0.1, 0.15) is 6.04 Å². The molecule has 1 aliphatic carbocycles. The normalized spacial score (nSPS) is 26.8. The monoisotopic (exact) mass is 363 g/mol. The van der Waals surface area contributed by atoms with Gasteiger partial charge < -0.3 is 20.5 Å². The van der Waals surface area contributed by atoms with Crippen LogP contribution in [0.15, 0.2) is 0 Å². The highest BCUT2D eigenvalue weighted by Crippen LogP contribution is 2.22. The molecule has 0 aromatic rings. The molecule has 2 N–H and O–H groups in total. The lowest BCUT2D eigenvalue weighted by Gasteiger charge is -2.22. The van der Waals surface area contributed by atoms with Crippen LogP contribution in [0, 0.1) is 5.92 Å². The lowest BCUT2D eigenvalue weighted by Crippen LogP contribution is -2.54. The Labute approximate surface area is 139 Å². The zero-order valence-corrected chi connectivity index (χ0v) is 14.0. The minimum Gasteiger partial charge on any atom is -0.547 e. The van der Waals surface area contributed by atoms with Gasteiger partial charge in [-0.05, 0) is 25.2 Å². The number of carbonyl (C=O) groups excluding carboxylic acids is 3. The van der Waals surface area contributed by atoms with Crippen LogP contribution in [0.5, 0.6) is 0 Å². The molecule has 0 unspecified atom stereocenters. The summed E-state index contributed by atoms with van der Waals surface area (Å²) in [4.78, 5) is 35.3. The molecule has 1 aliphatic heterocycles. The number of hydrogen-bond donors (Lipinski definition) is 2. The van der Waals surface area contributed by atoms with Crippen molar-refractivity contribution in [1.82, 2.24) is 10.6 Å². The molecule has 1 saturated carbocycles. The Morgan fingerprint density at radius 2 is 1.75 bits per heavy atom. The molecular formula is C13H19N2O8S-. The van der Waals surface area contributed by atoms with Gasteiger partial charge in [0.05, 0.1) is 5.97 Å². The van der Waals surface area contributed by atoms with E-state index in [1.165, 1.54) is 0 Å². The van der Waals surface area contributed by atoms with Crippen molar-refractivity contribution in [2.75, 3.05) is 0 Å². The summed E-state index contributed by atoms with van der Waals surface area (Å²) >= 11 is 0. The second kappa shape index (κ2) is 7.03.